The quantitative estimate of drug-likeness (QED) is 0.192. The Bertz CT molecular complexity index is 2070. The number of hydrogen-bond acceptors (Lipinski definition) is 0. The van der Waals surface area contributed by atoms with Crippen LogP contribution < -0.4 is 5.19 Å². The summed E-state index contributed by atoms with van der Waals surface area (Å²) in [4.78, 5) is 0. The minimum Gasteiger partial charge on any atom is -0.0656 e. The van der Waals surface area contributed by atoms with Gasteiger partial charge in [-0.25, -0.2) is 0 Å². The molecule has 0 saturated heterocycles. The van der Waals surface area contributed by atoms with Gasteiger partial charge in [-0.05, 0) is 94.4 Å². The standard InChI is InChI=1S/C41H30Si/c1-42(2,3)27-23-25(28-18-20-38-32-12-6-4-10-30(32)36-16-8-14-34(28)40(36)38)22-26(24-27)29-19-21-39-33-13-7-5-11-31(33)37-17-9-15-35(29)41(37)39/h4-24H,1-3H3. The highest BCUT2D eigenvalue weighted by molar-refractivity contribution is 6.88. The SMILES string of the molecule is C[Si](C)(C)c1cc(-c2ccc3c4c(cccc24)-c2ccccc2-3)cc(-c2ccc3c4c(cccc24)-c2ccccc2-3)c1. The molecule has 0 saturated carbocycles. The zero-order valence-electron chi connectivity index (χ0n) is 24.1. The molecule has 2 aliphatic rings. The van der Waals surface area contributed by atoms with E-state index in [1.165, 1.54) is 93.5 Å². The average molecular weight is 551 g/mol. The average Bonchev–Trinajstić information content (AvgIpc) is 3.52. The van der Waals surface area contributed by atoms with Gasteiger partial charge in [-0.2, -0.15) is 0 Å². The maximum absolute atomic E-state index is 2.48. The first-order chi connectivity index (χ1) is 20.5. The highest BCUT2D eigenvalue weighted by Gasteiger charge is 2.26. The molecule has 0 atom stereocenters. The lowest BCUT2D eigenvalue weighted by Crippen LogP contribution is -2.37. The first-order valence-corrected chi connectivity index (χ1v) is 18.4. The van der Waals surface area contributed by atoms with E-state index in [1.807, 2.05) is 0 Å². The van der Waals surface area contributed by atoms with Crippen molar-refractivity contribution in [3.8, 4) is 66.8 Å². The Hall–Kier alpha value is -4.72. The van der Waals surface area contributed by atoms with Crippen molar-refractivity contribution in [1.82, 2.24) is 0 Å². The molecule has 0 bridgehead atoms. The van der Waals surface area contributed by atoms with Crippen molar-refractivity contribution < 1.29 is 0 Å². The minimum atomic E-state index is -1.62. The fourth-order valence-corrected chi connectivity index (χ4v) is 8.67. The van der Waals surface area contributed by atoms with Gasteiger partial charge in [0.15, 0.2) is 0 Å². The lowest BCUT2D eigenvalue weighted by Gasteiger charge is -2.21. The van der Waals surface area contributed by atoms with Crippen LogP contribution in [-0.2, 0) is 0 Å². The Morgan fingerprint density at radius 2 is 0.690 bits per heavy atom. The molecule has 2 aliphatic carbocycles. The van der Waals surface area contributed by atoms with Gasteiger partial charge in [0, 0.05) is 0 Å². The monoisotopic (exact) mass is 550 g/mol. The van der Waals surface area contributed by atoms with Gasteiger partial charge in [0.25, 0.3) is 0 Å². The first-order valence-electron chi connectivity index (χ1n) is 14.9. The maximum atomic E-state index is 2.48. The van der Waals surface area contributed by atoms with Crippen LogP contribution in [0.15, 0.2) is 127 Å². The van der Waals surface area contributed by atoms with E-state index in [4.69, 9.17) is 0 Å². The Kier molecular flexibility index (Phi) is 4.79. The van der Waals surface area contributed by atoms with Crippen LogP contribution in [0.5, 0.6) is 0 Å². The molecule has 0 spiro atoms. The summed E-state index contributed by atoms with van der Waals surface area (Å²) in [6, 6.07) is 48.2. The maximum Gasteiger partial charge on any atom is 0.0776 e. The third-order valence-corrected chi connectivity index (χ3v) is 11.5. The molecule has 0 N–H and O–H groups in total. The molecule has 0 amide bonds. The number of fused-ring (bicyclic) bond motifs is 6. The largest absolute Gasteiger partial charge is 0.0776 e. The normalized spacial score (nSPS) is 12.6. The lowest BCUT2D eigenvalue weighted by atomic mass is 9.90. The summed E-state index contributed by atoms with van der Waals surface area (Å²) < 4.78 is 0. The van der Waals surface area contributed by atoms with Crippen molar-refractivity contribution >= 4 is 34.8 Å². The molecule has 0 radical (unpaired) electrons. The fraction of sp³-hybridized carbons (Fsp3) is 0.0732. The third-order valence-electron chi connectivity index (χ3n) is 9.52. The van der Waals surface area contributed by atoms with Gasteiger partial charge in [-0.3, -0.25) is 0 Å². The molecule has 7 aromatic rings. The van der Waals surface area contributed by atoms with Crippen molar-refractivity contribution in [1.29, 1.82) is 0 Å². The van der Waals surface area contributed by atoms with E-state index in [0.717, 1.165) is 0 Å². The van der Waals surface area contributed by atoms with Crippen molar-refractivity contribution in [3.05, 3.63) is 127 Å². The molecule has 1 heteroatoms. The van der Waals surface area contributed by atoms with Crippen molar-refractivity contribution in [3.63, 3.8) is 0 Å². The predicted molar refractivity (Wildman–Crippen MR) is 184 cm³/mol. The van der Waals surface area contributed by atoms with Crippen LogP contribution in [0.1, 0.15) is 0 Å². The molecule has 198 valence electrons. The summed E-state index contributed by atoms with van der Waals surface area (Å²) >= 11 is 0. The topological polar surface area (TPSA) is 0 Å². The van der Waals surface area contributed by atoms with E-state index < -0.39 is 8.07 Å². The molecule has 7 aromatic carbocycles. The smallest absolute Gasteiger partial charge is 0.0656 e. The van der Waals surface area contributed by atoms with Gasteiger partial charge in [0.2, 0.25) is 0 Å². The van der Waals surface area contributed by atoms with Gasteiger partial charge in [0.05, 0.1) is 8.07 Å². The summed E-state index contributed by atoms with van der Waals surface area (Å²) in [6.45, 7) is 7.39. The molecular formula is C41H30Si. The molecule has 42 heavy (non-hydrogen) atoms. The lowest BCUT2D eigenvalue weighted by molar-refractivity contribution is 1.62. The molecule has 9 rings (SSSR count). The molecule has 0 aromatic heterocycles. The third kappa shape index (κ3) is 3.23. The van der Waals surface area contributed by atoms with Crippen LogP contribution in [0.25, 0.3) is 88.3 Å². The molecule has 0 unspecified atom stereocenters. The van der Waals surface area contributed by atoms with Crippen LogP contribution in [0.4, 0.5) is 0 Å². The minimum absolute atomic E-state index is 1.32. The van der Waals surface area contributed by atoms with Crippen LogP contribution in [0, 0.1) is 0 Å². The zero-order chi connectivity index (χ0) is 28.2. The van der Waals surface area contributed by atoms with Crippen LogP contribution in [-0.4, -0.2) is 8.07 Å². The Labute approximate surface area is 247 Å². The Morgan fingerprint density at radius 3 is 1.10 bits per heavy atom. The highest BCUT2D eigenvalue weighted by Crippen LogP contribution is 2.51. The zero-order valence-corrected chi connectivity index (χ0v) is 25.1. The molecule has 0 nitrogen and oxygen atoms in total. The summed E-state index contributed by atoms with van der Waals surface area (Å²) in [5.74, 6) is 0. The molecule has 0 aliphatic heterocycles. The summed E-state index contributed by atoms with van der Waals surface area (Å²) in [7, 11) is -1.62. The van der Waals surface area contributed by atoms with E-state index in [9.17, 15) is 0 Å². The second-order valence-electron chi connectivity index (χ2n) is 12.9. The summed E-state index contributed by atoms with van der Waals surface area (Å²) in [6.07, 6.45) is 0. The number of hydrogen-bond donors (Lipinski definition) is 0. The van der Waals surface area contributed by atoms with Gasteiger partial charge >= 0.3 is 0 Å². The summed E-state index contributed by atoms with van der Waals surface area (Å²) in [5, 5.41) is 6.96. The van der Waals surface area contributed by atoms with Crippen LogP contribution in [0.3, 0.4) is 0 Å². The van der Waals surface area contributed by atoms with Gasteiger partial charge in [-0.15, -0.1) is 0 Å². The molecular weight excluding hydrogens is 521 g/mol. The fourth-order valence-electron chi connectivity index (χ4n) is 7.49. The summed E-state index contributed by atoms with van der Waals surface area (Å²) in [5.41, 5.74) is 16.1. The van der Waals surface area contributed by atoms with Crippen LogP contribution in [0.2, 0.25) is 19.6 Å². The predicted octanol–water partition coefficient (Wildman–Crippen LogP) is 11.2. The van der Waals surface area contributed by atoms with Gasteiger partial charge < -0.3 is 0 Å². The molecule has 0 fully saturated rings. The second-order valence-corrected chi connectivity index (χ2v) is 18.0. The van der Waals surface area contributed by atoms with Gasteiger partial charge in [0.1, 0.15) is 0 Å². The van der Waals surface area contributed by atoms with Crippen molar-refractivity contribution in [2.45, 2.75) is 19.6 Å². The Balaban J connectivity index is 1.30. The van der Waals surface area contributed by atoms with Crippen LogP contribution >= 0.6 is 0 Å². The van der Waals surface area contributed by atoms with E-state index in [-0.39, 0.29) is 0 Å². The van der Waals surface area contributed by atoms with Crippen molar-refractivity contribution in [2.75, 3.05) is 0 Å². The Morgan fingerprint density at radius 1 is 0.333 bits per heavy atom. The van der Waals surface area contributed by atoms with E-state index in [2.05, 4.69) is 147 Å². The van der Waals surface area contributed by atoms with E-state index in [1.54, 1.807) is 0 Å². The van der Waals surface area contributed by atoms with Gasteiger partial charge in [-0.1, -0.05) is 146 Å². The van der Waals surface area contributed by atoms with E-state index >= 15 is 0 Å². The highest BCUT2D eigenvalue weighted by atomic mass is 28.3. The second kappa shape index (κ2) is 8.41. The van der Waals surface area contributed by atoms with Crippen molar-refractivity contribution in [2.24, 2.45) is 0 Å². The molecule has 0 heterocycles. The first kappa shape index (κ1) is 23.9. The number of benzene rings is 7. The van der Waals surface area contributed by atoms with E-state index in [0.29, 0.717) is 0 Å². The number of rotatable bonds is 3.